The molecule has 2 aromatic rings. The van der Waals surface area contributed by atoms with E-state index in [2.05, 4.69) is 9.97 Å². The number of rotatable bonds is 2. The zero-order chi connectivity index (χ0) is 11.5. The Bertz CT molecular complexity index is 503. The molecule has 1 aromatic carbocycles. The number of halogens is 2. The van der Waals surface area contributed by atoms with Crippen molar-refractivity contribution in [3.8, 4) is 17.5 Å². The van der Waals surface area contributed by atoms with Gasteiger partial charge < -0.3 is 9.84 Å². The maximum Gasteiger partial charge on any atom is 0.322 e. The van der Waals surface area contributed by atoms with Crippen LogP contribution in [0, 0.1) is 0 Å². The molecule has 0 aliphatic heterocycles. The molecule has 0 atom stereocenters. The lowest BCUT2D eigenvalue weighted by molar-refractivity contribution is 0.392. The summed E-state index contributed by atoms with van der Waals surface area (Å²) in [6.07, 6.45) is 2.80. The number of ether oxygens (including phenoxy) is 1. The average molecular weight is 257 g/mol. The van der Waals surface area contributed by atoms with Gasteiger partial charge in [0.15, 0.2) is 11.5 Å². The molecule has 4 nitrogen and oxygen atoms in total. The van der Waals surface area contributed by atoms with Gasteiger partial charge in [0, 0.05) is 11.1 Å². The predicted molar refractivity (Wildman–Crippen MR) is 60.2 cm³/mol. The van der Waals surface area contributed by atoms with Crippen molar-refractivity contribution in [2.45, 2.75) is 0 Å². The zero-order valence-electron chi connectivity index (χ0n) is 7.89. The van der Waals surface area contributed by atoms with E-state index in [1.54, 1.807) is 6.07 Å². The Morgan fingerprint density at radius 2 is 1.75 bits per heavy atom. The van der Waals surface area contributed by atoms with E-state index in [9.17, 15) is 5.11 Å². The van der Waals surface area contributed by atoms with Crippen LogP contribution in [0.15, 0.2) is 30.6 Å². The molecule has 0 amide bonds. The van der Waals surface area contributed by atoms with Crippen LogP contribution in [0.25, 0.3) is 0 Å². The summed E-state index contributed by atoms with van der Waals surface area (Å²) in [5.41, 5.74) is 0. The number of hydrogen-bond donors (Lipinski definition) is 1. The molecule has 0 unspecified atom stereocenters. The quantitative estimate of drug-likeness (QED) is 0.896. The maximum absolute atomic E-state index is 9.52. The van der Waals surface area contributed by atoms with E-state index >= 15 is 0 Å². The molecule has 6 heteroatoms. The highest BCUT2D eigenvalue weighted by Crippen LogP contribution is 2.31. The number of hydrogen-bond acceptors (Lipinski definition) is 4. The summed E-state index contributed by atoms with van der Waals surface area (Å²) in [4.78, 5) is 7.66. The molecule has 0 aliphatic rings. The first-order valence-electron chi connectivity index (χ1n) is 4.29. The van der Waals surface area contributed by atoms with Crippen LogP contribution >= 0.6 is 23.2 Å². The molecule has 0 bridgehead atoms. The van der Waals surface area contributed by atoms with Crippen molar-refractivity contribution >= 4 is 23.2 Å². The number of aromatic hydroxyl groups is 1. The number of aromatic nitrogens is 2. The van der Waals surface area contributed by atoms with E-state index in [-0.39, 0.29) is 17.5 Å². The number of phenolic OH excluding ortho intramolecular Hbond substituents is 1. The normalized spacial score (nSPS) is 10.1. The molecule has 0 spiro atoms. The van der Waals surface area contributed by atoms with Crippen LogP contribution in [0.4, 0.5) is 0 Å². The molecule has 1 heterocycles. The first-order chi connectivity index (χ1) is 7.65. The molecule has 0 saturated heterocycles. The van der Waals surface area contributed by atoms with Crippen LogP contribution in [-0.4, -0.2) is 15.1 Å². The van der Waals surface area contributed by atoms with E-state index < -0.39 is 0 Å². The molecular weight excluding hydrogens is 251 g/mol. The molecule has 0 fully saturated rings. The second-order valence-electron chi connectivity index (χ2n) is 2.90. The lowest BCUT2D eigenvalue weighted by atomic mass is 10.3. The van der Waals surface area contributed by atoms with Crippen LogP contribution in [-0.2, 0) is 0 Å². The largest absolute Gasteiger partial charge is 0.504 e. The summed E-state index contributed by atoms with van der Waals surface area (Å²) in [5, 5.41) is 10.3. The summed E-state index contributed by atoms with van der Waals surface area (Å²) < 4.78 is 5.23. The number of benzene rings is 1. The Morgan fingerprint density at radius 3 is 2.38 bits per heavy atom. The molecule has 82 valence electrons. The van der Waals surface area contributed by atoms with E-state index in [0.717, 1.165) is 0 Å². The minimum absolute atomic E-state index is 0.0777. The van der Waals surface area contributed by atoms with Gasteiger partial charge in [-0.3, -0.25) is 0 Å². The highest BCUT2D eigenvalue weighted by molar-refractivity contribution is 6.30. The molecule has 1 N–H and O–H groups in total. The Kier molecular flexibility index (Phi) is 3.12. The Morgan fingerprint density at radius 1 is 1.06 bits per heavy atom. The maximum atomic E-state index is 9.52. The van der Waals surface area contributed by atoms with Crippen molar-refractivity contribution in [2.24, 2.45) is 0 Å². The van der Waals surface area contributed by atoms with Gasteiger partial charge in [0.2, 0.25) is 0 Å². The highest BCUT2D eigenvalue weighted by Gasteiger charge is 2.06. The van der Waals surface area contributed by atoms with Gasteiger partial charge in [0.1, 0.15) is 0 Å². The summed E-state index contributed by atoms with van der Waals surface area (Å²) in [5.74, 6) is 0.151. The van der Waals surface area contributed by atoms with E-state index in [1.807, 2.05) is 0 Å². The molecule has 0 radical (unpaired) electrons. The summed E-state index contributed by atoms with van der Waals surface area (Å²) in [6.45, 7) is 0. The minimum Gasteiger partial charge on any atom is -0.504 e. The van der Waals surface area contributed by atoms with Crippen molar-refractivity contribution in [1.82, 2.24) is 9.97 Å². The minimum atomic E-state index is -0.0777. The van der Waals surface area contributed by atoms with Crippen molar-refractivity contribution in [3.05, 3.63) is 40.6 Å². The number of phenols is 1. The molecule has 0 saturated carbocycles. The molecule has 0 aliphatic carbocycles. The smallest absolute Gasteiger partial charge is 0.322 e. The molecular formula is C10H6Cl2N2O2. The Balaban J connectivity index is 2.23. The standard InChI is InChI=1S/C10H6Cl2N2O2/c11-6-1-2-9(8(15)3-6)16-10-13-4-7(12)5-14-10/h1-5,15H. The molecule has 2 rings (SSSR count). The lowest BCUT2D eigenvalue weighted by Crippen LogP contribution is -1.91. The van der Waals surface area contributed by atoms with Crippen LogP contribution in [0.2, 0.25) is 10.0 Å². The fourth-order valence-corrected chi connectivity index (χ4v) is 1.29. The van der Waals surface area contributed by atoms with Crippen LogP contribution in [0.1, 0.15) is 0 Å². The first kappa shape index (κ1) is 11.0. The third-order valence-electron chi connectivity index (χ3n) is 1.72. The Labute approximate surface area is 101 Å². The fraction of sp³-hybridized carbons (Fsp3) is 0. The third kappa shape index (κ3) is 2.53. The van der Waals surface area contributed by atoms with Gasteiger partial charge in [-0.15, -0.1) is 0 Å². The van der Waals surface area contributed by atoms with Gasteiger partial charge in [-0.1, -0.05) is 23.2 Å². The predicted octanol–water partition coefficient (Wildman–Crippen LogP) is 3.28. The van der Waals surface area contributed by atoms with Gasteiger partial charge in [0.05, 0.1) is 17.4 Å². The fourth-order valence-electron chi connectivity index (χ4n) is 1.03. The number of nitrogens with zero attached hydrogens (tertiary/aromatic N) is 2. The van der Waals surface area contributed by atoms with Crippen molar-refractivity contribution < 1.29 is 9.84 Å². The van der Waals surface area contributed by atoms with E-state index in [0.29, 0.717) is 10.0 Å². The van der Waals surface area contributed by atoms with E-state index in [4.69, 9.17) is 27.9 Å². The van der Waals surface area contributed by atoms with Crippen molar-refractivity contribution in [2.75, 3.05) is 0 Å². The van der Waals surface area contributed by atoms with Gasteiger partial charge in [-0.05, 0) is 12.1 Å². The third-order valence-corrected chi connectivity index (χ3v) is 2.15. The topological polar surface area (TPSA) is 55.2 Å². The summed E-state index contributed by atoms with van der Waals surface area (Å²) >= 11 is 11.3. The second-order valence-corrected chi connectivity index (χ2v) is 3.77. The molecule has 16 heavy (non-hydrogen) atoms. The summed E-state index contributed by atoms with van der Waals surface area (Å²) in [6, 6.07) is 4.58. The van der Waals surface area contributed by atoms with Gasteiger partial charge in [-0.2, -0.15) is 0 Å². The van der Waals surface area contributed by atoms with Crippen molar-refractivity contribution in [1.29, 1.82) is 0 Å². The van der Waals surface area contributed by atoms with Crippen LogP contribution in [0.5, 0.6) is 17.5 Å². The van der Waals surface area contributed by atoms with Crippen LogP contribution < -0.4 is 4.74 Å². The van der Waals surface area contributed by atoms with Crippen molar-refractivity contribution in [3.63, 3.8) is 0 Å². The van der Waals surface area contributed by atoms with E-state index in [1.165, 1.54) is 24.5 Å². The van der Waals surface area contributed by atoms with Gasteiger partial charge in [-0.25, -0.2) is 9.97 Å². The summed E-state index contributed by atoms with van der Waals surface area (Å²) in [7, 11) is 0. The molecule has 1 aromatic heterocycles. The highest BCUT2D eigenvalue weighted by atomic mass is 35.5. The van der Waals surface area contributed by atoms with Crippen LogP contribution in [0.3, 0.4) is 0 Å². The zero-order valence-corrected chi connectivity index (χ0v) is 9.40. The average Bonchev–Trinajstić information content (AvgIpc) is 2.25. The SMILES string of the molecule is Oc1cc(Cl)ccc1Oc1ncc(Cl)cn1. The van der Waals surface area contributed by atoms with Gasteiger partial charge in [0.25, 0.3) is 0 Å². The van der Waals surface area contributed by atoms with Gasteiger partial charge >= 0.3 is 6.01 Å². The lowest BCUT2D eigenvalue weighted by Gasteiger charge is -2.05. The Hall–Kier alpha value is -1.52. The monoisotopic (exact) mass is 256 g/mol. The second kappa shape index (κ2) is 4.55. The first-order valence-corrected chi connectivity index (χ1v) is 5.04.